The van der Waals surface area contributed by atoms with Gasteiger partial charge >= 0.3 is 0 Å². The molecule has 1 aromatic carbocycles. The van der Waals surface area contributed by atoms with Crippen LogP contribution in [0.4, 0.5) is 4.39 Å². The van der Waals surface area contributed by atoms with Crippen molar-refractivity contribution in [3.05, 3.63) is 28.5 Å². The number of hydrogen-bond donors (Lipinski definition) is 1. The highest BCUT2D eigenvalue weighted by atomic mass is 79.9. The molecule has 0 heterocycles. The summed E-state index contributed by atoms with van der Waals surface area (Å²) in [5.74, 6) is 0.628. The topological polar surface area (TPSA) is 21.3 Å². The van der Waals surface area contributed by atoms with Gasteiger partial charge in [-0.2, -0.15) is 0 Å². The molecule has 0 saturated carbocycles. The maximum atomic E-state index is 13.3. The Morgan fingerprint density at radius 3 is 2.39 bits per heavy atom. The first kappa shape index (κ1) is 15.4. The fraction of sp³-hybridized carbons (Fsp3) is 0.571. The van der Waals surface area contributed by atoms with E-state index in [2.05, 4.69) is 48.9 Å². The van der Waals surface area contributed by atoms with Crippen LogP contribution in [0.5, 0.6) is 5.75 Å². The predicted octanol–water partition coefficient (Wildman–Crippen LogP) is 3.99. The van der Waals surface area contributed by atoms with E-state index in [1.54, 1.807) is 6.07 Å². The van der Waals surface area contributed by atoms with E-state index in [0.717, 1.165) is 6.54 Å². The molecule has 0 fully saturated rings. The number of rotatable bonds is 6. The summed E-state index contributed by atoms with van der Waals surface area (Å²) in [6, 6.07) is 5.03. The van der Waals surface area contributed by atoms with Crippen LogP contribution >= 0.6 is 15.9 Å². The van der Waals surface area contributed by atoms with Gasteiger partial charge < -0.3 is 10.1 Å². The van der Waals surface area contributed by atoms with Crippen LogP contribution in [0.25, 0.3) is 0 Å². The van der Waals surface area contributed by atoms with Crippen molar-refractivity contribution in [2.24, 2.45) is 5.92 Å². The molecule has 0 bridgehead atoms. The van der Waals surface area contributed by atoms with E-state index in [-0.39, 0.29) is 11.9 Å². The van der Waals surface area contributed by atoms with E-state index in [1.807, 2.05) is 0 Å². The van der Waals surface area contributed by atoms with Crippen LogP contribution < -0.4 is 10.1 Å². The molecule has 18 heavy (non-hydrogen) atoms. The number of hydrogen-bond acceptors (Lipinski definition) is 2. The summed E-state index contributed by atoms with van der Waals surface area (Å²) in [5.41, 5.74) is 0. The number of halogens is 2. The fourth-order valence-corrected chi connectivity index (χ4v) is 1.98. The van der Waals surface area contributed by atoms with Gasteiger partial charge in [-0.1, -0.05) is 43.6 Å². The van der Waals surface area contributed by atoms with Crippen molar-refractivity contribution in [1.82, 2.24) is 5.32 Å². The second-order valence-electron chi connectivity index (χ2n) is 5.07. The molecule has 0 saturated heterocycles. The van der Waals surface area contributed by atoms with Crippen LogP contribution in [0.1, 0.15) is 27.7 Å². The Labute approximate surface area is 117 Å². The average Bonchev–Trinajstić information content (AvgIpc) is 2.22. The highest BCUT2D eigenvalue weighted by Gasteiger charge is 2.16. The Kier molecular flexibility index (Phi) is 6.09. The summed E-state index contributed by atoms with van der Waals surface area (Å²) in [5, 5.41) is 3.35. The molecule has 4 heteroatoms. The first-order valence-electron chi connectivity index (χ1n) is 6.24. The van der Waals surface area contributed by atoms with Crippen molar-refractivity contribution in [2.75, 3.05) is 6.54 Å². The Bertz CT molecular complexity index is 362. The highest BCUT2D eigenvalue weighted by Crippen LogP contribution is 2.22. The van der Waals surface area contributed by atoms with Gasteiger partial charge in [0, 0.05) is 23.1 Å². The van der Waals surface area contributed by atoms with Gasteiger partial charge in [-0.25, -0.2) is 4.39 Å². The maximum absolute atomic E-state index is 13.3. The quantitative estimate of drug-likeness (QED) is 0.856. The smallest absolute Gasteiger partial charge is 0.128 e. The summed E-state index contributed by atoms with van der Waals surface area (Å²) < 4.78 is 19.8. The SMILES string of the molecule is CC(C)NCC(Oc1cc(F)cc(Br)c1)C(C)C. The van der Waals surface area contributed by atoms with E-state index in [0.29, 0.717) is 22.2 Å². The zero-order valence-corrected chi connectivity index (χ0v) is 12.9. The molecule has 0 amide bonds. The minimum absolute atomic E-state index is 0.0288. The average molecular weight is 318 g/mol. The van der Waals surface area contributed by atoms with E-state index in [1.165, 1.54) is 12.1 Å². The third kappa shape index (κ3) is 5.36. The van der Waals surface area contributed by atoms with Crippen LogP contribution in [-0.4, -0.2) is 18.7 Å². The molecule has 1 aromatic rings. The fourth-order valence-electron chi connectivity index (χ4n) is 1.54. The minimum atomic E-state index is -0.293. The molecule has 0 spiro atoms. The molecule has 0 aliphatic heterocycles. The molecular formula is C14H21BrFNO. The monoisotopic (exact) mass is 317 g/mol. The Balaban J connectivity index is 2.70. The lowest BCUT2D eigenvalue weighted by atomic mass is 10.1. The Hall–Kier alpha value is -0.610. The summed E-state index contributed by atoms with van der Waals surface area (Å²) in [4.78, 5) is 0. The zero-order valence-electron chi connectivity index (χ0n) is 11.3. The summed E-state index contributed by atoms with van der Waals surface area (Å²) >= 11 is 3.27. The zero-order chi connectivity index (χ0) is 13.7. The standard InChI is InChI=1S/C14H21BrFNO/c1-9(2)14(8-17-10(3)4)18-13-6-11(15)5-12(16)7-13/h5-7,9-10,14,17H,8H2,1-4H3. The summed E-state index contributed by atoms with van der Waals surface area (Å²) in [6.07, 6.45) is 0.0288. The van der Waals surface area contributed by atoms with E-state index < -0.39 is 0 Å². The van der Waals surface area contributed by atoms with Crippen molar-refractivity contribution < 1.29 is 9.13 Å². The van der Waals surface area contributed by atoms with Crippen LogP contribution in [-0.2, 0) is 0 Å². The summed E-state index contributed by atoms with van der Waals surface area (Å²) in [6.45, 7) is 9.14. The van der Waals surface area contributed by atoms with Gasteiger partial charge in [-0.3, -0.25) is 0 Å². The lowest BCUT2D eigenvalue weighted by Crippen LogP contribution is -2.38. The molecule has 1 rings (SSSR count). The first-order valence-corrected chi connectivity index (χ1v) is 7.04. The second kappa shape index (κ2) is 7.10. The summed E-state index contributed by atoms with van der Waals surface area (Å²) in [7, 11) is 0. The third-order valence-corrected chi connectivity index (χ3v) is 3.05. The largest absolute Gasteiger partial charge is 0.489 e. The molecule has 1 atom stereocenters. The van der Waals surface area contributed by atoms with Gasteiger partial charge in [-0.15, -0.1) is 0 Å². The molecule has 1 N–H and O–H groups in total. The van der Waals surface area contributed by atoms with Crippen molar-refractivity contribution in [3.8, 4) is 5.75 Å². The van der Waals surface area contributed by atoms with Gasteiger partial charge in [0.1, 0.15) is 17.7 Å². The van der Waals surface area contributed by atoms with Crippen molar-refractivity contribution in [3.63, 3.8) is 0 Å². The van der Waals surface area contributed by atoms with Crippen molar-refractivity contribution >= 4 is 15.9 Å². The van der Waals surface area contributed by atoms with E-state index in [4.69, 9.17) is 4.74 Å². The molecule has 0 radical (unpaired) electrons. The highest BCUT2D eigenvalue weighted by molar-refractivity contribution is 9.10. The Morgan fingerprint density at radius 1 is 1.22 bits per heavy atom. The van der Waals surface area contributed by atoms with Crippen molar-refractivity contribution in [1.29, 1.82) is 0 Å². The molecular weight excluding hydrogens is 297 g/mol. The maximum Gasteiger partial charge on any atom is 0.128 e. The Morgan fingerprint density at radius 2 is 1.89 bits per heavy atom. The van der Waals surface area contributed by atoms with Crippen LogP contribution in [0.3, 0.4) is 0 Å². The van der Waals surface area contributed by atoms with Crippen LogP contribution in [0, 0.1) is 11.7 Å². The van der Waals surface area contributed by atoms with Crippen LogP contribution in [0.15, 0.2) is 22.7 Å². The van der Waals surface area contributed by atoms with Gasteiger partial charge in [0.05, 0.1) is 0 Å². The van der Waals surface area contributed by atoms with Gasteiger partial charge in [0.25, 0.3) is 0 Å². The minimum Gasteiger partial charge on any atom is -0.489 e. The predicted molar refractivity (Wildman–Crippen MR) is 76.5 cm³/mol. The molecule has 0 aliphatic carbocycles. The van der Waals surface area contributed by atoms with Gasteiger partial charge in [-0.05, 0) is 18.1 Å². The molecule has 102 valence electrons. The second-order valence-corrected chi connectivity index (χ2v) is 5.98. The first-order chi connectivity index (χ1) is 8.38. The number of benzene rings is 1. The number of ether oxygens (including phenoxy) is 1. The van der Waals surface area contributed by atoms with Gasteiger partial charge in [0.15, 0.2) is 0 Å². The van der Waals surface area contributed by atoms with E-state index in [9.17, 15) is 4.39 Å². The van der Waals surface area contributed by atoms with Crippen molar-refractivity contribution in [2.45, 2.75) is 39.8 Å². The number of nitrogens with one attached hydrogen (secondary N) is 1. The molecule has 0 aliphatic rings. The molecule has 2 nitrogen and oxygen atoms in total. The lowest BCUT2D eigenvalue weighted by Gasteiger charge is -2.24. The normalized spacial score (nSPS) is 13.1. The molecule has 0 aromatic heterocycles. The third-order valence-electron chi connectivity index (χ3n) is 2.59. The van der Waals surface area contributed by atoms with Crippen LogP contribution in [0.2, 0.25) is 0 Å². The molecule has 1 unspecified atom stereocenters. The van der Waals surface area contributed by atoms with E-state index >= 15 is 0 Å². The van der Waals surface area contributed by atoms with Gasteiger partial charge in [0.2, 0.25) is 0 Å². The lowest BCUT2D eigenvalue weighted by molar-refractivity contribution is 0.146.